The zero-order chi connectivity index (χ0) is 15.2. The van der Waals surface area contributed by atoms with Crippen molar-refractivity contribution in [2.75, 3.05) is 5.32 Å². The second kappa shape index (κ2) is 7.22. The van der Waals surface area contributed by atoms with Crippen LogP contribution in [-0.2, 0) is 19.4 Å². The molecular formula is C16H20N2O2S. The van der Waals surface area contributed by atoms with E-state index in [0.717, 1.165) is 25.0 Å². The van der Waals surface area contributed by atoms with Crippen molar-refractivity contribution in [1.29, 1.82) is 0 Å². The fraction of sp³-hybridized carbons (Fsp3) is 0.375. The number of aryl methyl sites for hydroxylation is 2. The van der Waals surface area contributed by atoms with Gasteiger partial charge in [0.1, 0.15) is 5.82 Å². The molecule has 0 fully saturated rings. The molecule has 0 aliphatic rings. The number of hydrogen-bond acceptors (Lipinski definition) is 4. The summed E-state index contributed by atoms with van der Waals surface area (Å²) in [6.45, 7) is 4.87. The maximum absolute atomic E-state index is 11.2. The van der Waals surface area contributed by atoms with E-state index in [-0.39, 0.29) is 5.56 Å². The van der Waals surface area contributed by atoms with Gasteiger partial charge < -0.3 is 10.4 Å². The molecule has 0 aromatic carbocycles. The Hall–Kier alpha value is -1.88. The second-order valence-electron chi connectivity index (χ2n) is 4.86. The quantitative estimate of drug-likeness (QED) is 0.812. The van der Waals surface area contributed by atoms with Crippen LogP contribution in [0, 0.1) is 0 Å². The highest BCUT2D eigenvalue weighted by molar-refractivity contribution is 7.10. The summed E-state index contributed by atoms with van der Waals surface area (Å²) in [6.07, 6.45) is 2.74. The van der Waals surface area contributed by atoms with Gasteiger partial charge in [0.15, 0.2) is 0 Å². The average Bonchev–Trinajstić information content (AvgIpc) is 2.92. The normalized spacial score (nSPS) is 10.6. The van der Waals surface area contributed by atoms with Crippen molar-refractivity contribution >= 4 is 23.1 Å². The van der Waals surface area contributed by atoms with Crippen molar-refractivity contribution in [1.82, 2.24) is 4.98 Å². The first kappa shape index (κ1) is 15.5. The minimum Gasteiger partial charge on any atom is -0.478 e. The van der Waals surface area contributed by atoms with Crippen LogP contribution in [0.2, 0.25) is 0 Å². The second-order valence-corrected chi connectivity index (χ2v) is 5.86. The molecule has 0 atom stereocenters. The summed E-state index contributed by atoms with van der Waals surface area (Å²) in [6, 6.07) is 5.38. The van der Waals surface area contributed by atoms with E-state index < -0.39 is 5.97 Å². The SMILES string of the molecule is CCCc1cc(C(=O)O)cc(NCc2sccc2CC)n1. The lowest BCUT2D eigenvalue weighted by Crippen LogP contribution is -2.06. The number of thiophene rings is 1. The number of nitrogens with zero attached hydrogens (tertiary/aromatic N) is 1. The van der Waals surface area contributed by atoms with E-state index in [9.17, 15) is 9.90 Å². The molecule has 2 aromatic rings. The Kier molecular flexibility index (Phi) is 5.33. The number of carboxylic acid groups (broad SMARTS) is 1. The van der Waals surface area contributed by atoms with Crippen molar-refractivity contribution in [2.45, 2.75) is 39.7 Å². The van der Waals surface area contributed by atoms with Gasteiger partial charge in [0.05, 0.1) is 12.1 Å². The minimum atomic E-state index is -0.914. The van der Waals surface area contributed by atoms with Crippen LogP contribution in [0.4, 0.5) is 5.82 Å². The molecule has 2 N–H and O–H groups in total. The van der Waals surface area contributed by atoms with Crippen LogP contribution in [0.5, 0.6) is 0 Å². The Morgan fingerprint density at radius 1 is 1.38 bits per heavy atom. The van der Waals surface area contributed by atoms with Crippen LogP contribution >= 0.6 is 11.3 Å². The number of aromatic carboxylic acids is 1. The van der Waals surface area contributed by atoms with Gasteiger partial charge in [0.2, 0.25) is 0 Å². The largest absolute Gasteiger partial charge is 0.478 e. The molecule has 0 amide bonds. The van der Waals surface area contributed by atoms with Crippen LogP contribution in [0.3, 0.4) is 0 Å². The number of carboxylic acids is 1. The van der Waals surface area contributed by atoms with E-state index in [1.54, 1.807) is 23.5 Å². The summed E-state index contributed by atoms with van der Waals surface area (Å²) < 4.78 is 0. The molecule has 0 saturated heterocycles. The predicted octanol–water partition coefficient (Wildman–Crippen LogP) is 3.97. The fourth-order valence-electron chi connectivity index (χ4n) is 2.19. The van der Waals surface area contributed by atoms with Gasteiger partial charge in [-0.2, -0.15) is 0 Å². The molecule has 0 radical (unpaired) electrons. The standard InChI is InChI=1S/C16H20N2O2S/c1-3-5-13-8-12(16(19)20)9-15(18-13)17-10-14-11(4-2)6-7-21-14/h6-9H,3-5,10H2,1-2H3,(H,17,18)(H,19,20). The van der Waals surface area contributed by atoms with Crippen LogP contribution < -0.4 is 5.32 Å². The monoisotopic (exact) mass is 304 g/mol. The number of carbonyl (C=O) groups is 1. The Morgan fingerprint density at radius 2 is 2.19 bits per heavy atom. The number of rotatable bonds is 7. The van der Waals surface area contributed by atoms with E-state index >= 15 is 0 Å². The molecule has 4 nitrogen and oxygen atoms in total. The molecule has 0 aliphatic carbocycles. The molecule has 0 bridgehead atoms. The van der Waals surface area contributed by atoms with Crippen molar-refractivity contribution in [2.24, 2.45) is 0 Å². The molecule has 0 saturated carbocycles. The van der Waals surface area contributed by atoms with Crippen LogP contribution in [-0.4, -0.2) is 16.1 Å². The number of aromatic nitrogens is 1. The Balaban J connectivity index is 2.16. The Labute approximate surface area is 128 Å². The van der Waals surface area contributed by atoms with Crippen molar-refractivity contribution < 1.29 is 9.90 Å². The fourth-order valence-corrected chi connectivity index (χ4v) is 3.11. The van der Waals surface area contributed by atoms with Gasteiger partial charge in [-0.05, 0) is 42.0 Å². The lowest BCUT2D eigenvalue weighted by molar-refractivity contribution is 0.0696. The van der Waals surface area contributed by atoms with Gasteiger partial charge in [0, 0.05) is 10.6 Å². The average molecular weight is 304 g/mol. The molecule has 112 valence electrons. The molecule has 2 rings (SSSR count). The number of pyridine rings is 1. The van der Waals surface area contributed by atoms with Crippen LogP contribution in [0.25, 0.3) is 0 Å². The summed E-state index contributed by atoms with van der Waals surface area (Å²) in [5.74, 6) is -0.281. The smallest absolute Gasteiger partial charge is 0.335 e. The van der Waals surface area contributed by atoms with Crippen molar-refractivity contribution in [3.05, 3.63) is 45.3 Å². The topological polar surface area (TPSA) is 62.2 Å². The molecule has 21 heavy (non-hydrogen) atoms. The lowest BCUT2D eigenvalue weighted by Gasteiger charge is -2.09. The van der Waals surface area contributed by atoms with Gasteiger partial charge in [0.25, 0.3) is 0 Å². The summed E-state index contributed by atoms with van der Waals surface area (Å²) >= 11 is 1.71. The number of nitrogens with one attached hydrogen (secondary N) is 1. The summed E-state index contributed by atoms with van der Waals surface area (Å²) in [4.78, 5) is 17.0. The molecule has 2 heterocycles. The predicted molar refractivity (Wildman–Crippen MR) is 86.2 cm³/mol. The summed E-state index contributed by atoms with van der Waals surface area (Å²) in [5.41, 5.74) is 2.44. The molecular weight excluding hydrogens is 284 g/mol. The van der Waals surface area contributed by atoms with Crippen molar-refractivity contribution in [3.8, 4) is 0 Å². The maximum Gasteiger partial charge on any atom is 0.335 e. The third-order valence-corrected chi connectivity index (χ3v) is 4.24. The Bertz CT molecular complexity index is 622. The highest BCUT2D eigenvalue weighted by Crippen LogP contribution is 2.19. The van der Waals surface area contributed by atoms with Crippen LogP contribution in [0.1, 0.15) is 46.8 Å². The van der Waals surface area contributed by atoms with E-state index in [1.165, 1.54) is 10.4 Å². The van der Waals surface area contributed by atoms with E-state index in [4.69, 9.17) is 0 Å². The zero-order valence-electron chi connectivity index (χ0n) is 12.3. The lowest BCUT2D eigenvalue weighted by atomic mass is 10.1. The molecule has 0 spiro atoms. The van der Waals surface area contributed by atoms with Gasteiger partial charge >= 0.3 is 5.97 Å². The van der Waals surface area contributed by atoms with Gasteiger partial charge in [-0.25, -0.2) is 9.78 Å². The van der Waals surface area contributed by atoms with Gasteiger partial charge in [-0.3, -0.25) is 0 Å². The highest BCUT2D eigenvalue weighted by atomic mass is 32.1. The molecule has 0 aliphatic heterocycles. The first-order valence-electron chi connectivity index (χ1n) is 7.17. The highest BCUT2D eigenvalue weighted by Gasteiger charge is 2.09. The van der Waals surface area contributed by atoms with Gasteiger partial charge in [-0.15, -0.1) is 11.3 Å². The number of hydrogen-bond donors (Lipinski definition) is 2. The van der Waals surface area contributed by atoms with E-state index in [1.807, 2.05) is 0 Å². The van der Waals surface area contributed by atoms with E-state index in [2.05, 4.69) is 35.6 Å². The van der Waals surface area contributed by atoms with E-state index in [0.29, 0.717) is 12.4 Å². The molecule has 0 unspecified atom stereocenters. The zero-order valence-corrected chi connectivity index (χ0v) is 13.2. The first-order chi connectivity index (χ1) is 10.1. The third kappa shape index (κ3) is 4.04. The van der Waals surface area contributed by atoms with Crippen LogP contribution in [0.15, 0.2) is 23.6 Å². The third-order valence-electron chi connectivity index (χ3n) is 3.28. The van der Waals surface area contributed by atoms with Gasteiger partial charge in [-0.1, -0.05) is 20.3 Å². The summed E-state index contributed by atoms with van der Waals surface area (Å²) in [5, 5.41) is 14.5. The molecule has 5 heteroatoms. The first-order valence-corrected chi connectivity index (χ1v) is 8.05. The molecule has 2 aromatic heterocycles. The summed E-state index contributed by atoms with van der Waals surface area (Å²) in [7, 11) is 0. The Morgan fingerprint density at radius 3 is 2.86 bits per heavy atom. The minimum absolute atomic E-state index is 0.290. The number of anilines is 1. The van der Waals surface area contributed by atoms with Crippen molar-refractivity contribution in [3.63, 3.8) is 0 Å². The maximum atomic E-state index is 11.2.